The highest BCUT2D eigenvalue weighted by molar-refractivity contribution is 6.06. The Balaban J connectivity index is 1.73. The largest absolute Gasteiger partial charge is 0.463 e. The Morgan fingerprint density at radius 1 is 1.48 bits per heavy atom. The van der Waals surface area contributed by atoms with E-state index in [1.807, 2.05) is 0 Å². The molecule has 1 saturated carbocycles. The van der Waals surface area contributed by atoms with E-state index in [1.54, 1.807) is 38.4 Å². The van der Waals surface area contributed by atoms with Crippen LogP contribution in [0.15, 0.2) is 33.4 Å². The van der Waals surface area contributed by atoms with Crippen LogP contribution in [0.5, 0.6) is 0 Å². The number of amides is 1. The number of furan rings is 1. The molecule has 130 valence electrons. The second kappa shape index (κ2) is 6.00. The van der Waals surface area contributed by atoms with Gasteiger partial charge in [0.1, 0.15) is 5.69 Å². The van der Waals surface area contributed by atoms with E-state index in [0.29, 0.717) is 46.3 Å². The number of pyridine rings is 1. The van der Waals surface area contributed by atoms with Crippen molar-refractivity contribution in [1.29, 1.82) is 0 Å². The zero-order valence-corrected chi connectivity index (χ0v) is 14.1. The summed E-state index contributed by atoms with van der Waals surface area (Å²) in [7, 11) is 1.69. The Labute approximate surface area is 144 Å². The van der Waals surface area contributed by atoms with E-state index in [9.17, 15) is 9.90 Å². The van der Waals surface area contributed by atoms with Crippen LogP contribution in [0.25, 0.3) is 22.6 Å². The van der Waals surface area contributed by atoms with Gasteiger partial charge in [-0.05, 0) is 43.9 Å². The van der Waals surface area contributed by atoms with Crippen molar-refractivity contribution >= 4 is 17.0 Å². The molecule has 1 amide bonds. The Bertz CT molecular complexity index is 912. The van der Waals surface area contributed by atoms with Crippen LogP contribution in [0.2, 0.25) is 0 Å². The first-order valence-electron chi connectivity index (χ1n) is 8.29. The van der Waals surface area contributed by atoms with E-state index in [0.717, 1.165) is 12.8 Å². The van der Waals surface area contributed by atoms with E-state index < -0.39 is 6.10 Å². The van der Waals surface area contributed by atoms with Gasteiger partial charge >= 0.3 is 0 Å². The molecule has 0 bridgehead atoms. The van der Waals surface area contributed by atoms with Crippen molar-refractivity contribution in [2.45, 2.75) is 25.9 Å². The summed E-state index contributed by atoms with van der Waals surface area (Å²) in [6, 6.07) is 5.21. The summed E-state index contributed by atoms with van der Waals surface area (Å²) in [6.45, 7) is 2.07. The maximum Gasteiger partial charge on any atom is 0.259 e. The molecule has 1 aliphatic carbocycles. The van der Waals surface area contributed by atoms with Crippen LogP contribution in [0.4, 0.5) is 0 Å². The number of aromatic nitrogens is 2. The summed E-state index contributed by atoms with van der Waals surface area (Å²) in [5, 5.41) is 14.7. The first kappa shape index (κ1) is 15.8. The highest BCUT2D eigenvalue weighted by atomic mass is 16.5. The van der Waals surface area contributed by atoms with Crippen LogP contribution in [-0.4, -0.2) is 45.8 Å². The molecule has 1 fully saturated rings. The van der Waals surface area contributed by atoms with Crippen molar-refractivity contribution in [2.24, 2.45) is 5.92 Å². The summed E-state index contributed by atoms with van der Waals surface area (Å²) in [4.78, 5) is 18.9. The summed E-state index contributed by atoms with van der Waals surface area (Å²) < 4.78 is 10.6. The van der Waals surface area contributed by atoms with Crippen molar-refractivity contribution < 1.29 is 18.8 Å². The monoisotopic (exact) mass is 341 g/mol. The standard InChI is InChI=1S/C18H19N3O4/c1-10-16-12(18(23)21(2)9-14(22)11-5-6-11)8-13(15-4-3-7-24-15)19-17(16)25-20-10/h3-4,7-8,11,14,22H,5-6,9H2,1-2H3. The van der Waals surface area contributed by atoms with Gasteiger partial charge in [-0.15, -0.1) is 0 Å². The minimum absolute atomic E-state index is 0.203. The molecular formula is C18H19N3O4. The van der Waals surface area contributed by atoms with Crippen molar-refractivity contribution in [3.8, 4) is 11.5 Å². The number of fused-ring (bicyclic) bond motifs is 1. The number of likely N-dealkylation sites (N-methyl/N-ethyl adjacent to an activating group) is 1. The van der Waals surface area contributed by atoms with Gasteiger partial charge in [-0.2, -0.15) is 0 Å². The predicted molar refractivity (Wildman–Crippen MR) is 89.9 cm³/mol. The van der Waals surface area contributed by atoms with Crippen LogP contribution >= 0.6 is 0 Å². The Hall–Kier alpha value is -2.67. The first-order valence-corrected chi connectivity index (χ1v) is 8.29. The molecule has 0 spiro atoms. The van der Waals surface area contributed by atoms with Crippen molar-refractivity contribution in [1.82, 2.24) is 15.0 Å². The van der Waals surface area contributed by atoms with Crippen LogP contribution in [0.3, 0.4) is 0 Å². The zero-order valence-electron chi connectivity index (χ0n) is 14.1. The minimum atomic E-state index is -0.487. The summed E-state index contributed by atoms with van der Waals surface area (Å²) >= 11 is 0. The fourth-order valence-electron chi connectivity index (χ4n) is 3.01. The van der Waals surface area contributed by atoms with Gasteiger partial charge in [0.2, 0.25) is 0 Å². The molecule has 0 aromatic carbocycles. The van der Waals surface area contributed by atoms with Gasteiger partial charge in [0.15, 0.2) is 5.76 Å². The average molecular weight is 341 g/mol. The summed E-state index contributed by atoms with van der Waals surface area (Å²) in [5.41, 5.74) is 1.85. The van der Waals surface area contributed by atoms with Crippen molar-refractivity contribution in [3.63, 3.8) is 0 Å². The molecule has 1 atom stereocenters. The number of aliphatic hydroxyl groups is 1. The highest BCUT2D eigenvalue weighted by Gasteiger charge is 2.32. The third-order valence-electron chi connectivity index (χ3n) is 4.59. The van der Waals surface area contributed by atoms with Gasteiger partial charge in [0.25, 0.3) is 11.6 Å². The first-order chi connectivity index (χ1) is 12.0. The molecule has 7 nitrogen and oxygen atoms in total. The molecule has 3 heterocycles. The number of aliphatic hydroxyl groups excluding tert-OH is 1. The van der Waals surface area contributed by atoms with Gasteiger partial charge in [-0.3, -0.25) is 4.79 Å². The van der Waals surface area contributed by atoms with Crippen LogP contribution < -0.4 is 0 Å². The Morgan fingerprint density at radius 2 is 2.28 bits per heavy atom. The van der Waals surface area contributed by atoms with Gasteiger partial charge in [-0.25, -0.2) is 4.98 Å². The van der Waals surface area contributed by atoms with Gasteiger partial charge < -0.3 is 18.9 Å². The maximum absolute atomic E-state index is 13.0. The second-order valence-electron chi connectivity index (χ2n) is 6.57. The molecule has 0 saturated heterocycles. The lowest BCUT2D eigenvalue weighted by Crippen LogP contribution is -2.35. The van der Waals surface area contributed by atoms with Gasteiger partial charge in [-0.1, -0.05) is 5.16 Å². The number of rotatable bonds is 5. The van der Waals surface area contributed by atoms with E-state index in [1.165, 1.54) is 4.90 Å². The van der Waals surface area contributed by atoms with Crippen molar-refractivity contribution in [3.05, 3.63) is 35.7 Å². The smallest absolute Gasteiger partial charge is 0.259 e. The van der Waals surface area contributed by atoms with E-state index >= 15 is 0 Å². The molecule has 1 aliphatic rings. The topological polar surface area (TPSA) is 92.6 Å². The number of nitrogens with zero attached hydrogens (tertiary/aromatic N) is 3. The number of aryl methyl sites for hydroxylation is 1. The molecular weight excluding hydrogens is 322 g/mol. The minimum Gasteiger partial charge on any atom is -0.463 e. The molecule has 4 rings (SSSR count). The van der Waals surface area contributed by atoms with Gasteiger partial charge in [0.05, 0.1) is 29.0 Å². The highest BCUT2D eigenvalue weighted by Crippen LogP contribution is 2.33. The predicted octanol–water partition coefficient (Wildman–Crippen LogP) is 2.63. The Morgan fingerprint density at radius 3 is 2.96 bits per heavy atom. The molecule has 1 N–H and O–H groups in total. The lowest BCUT2D eigenvalue weighted by atomic mass is 10.1. The van der Waals surface area contributed by atoms with Gasteiger partial charge in [0, 0.05) is 13.6 Å². The lowest BCUT2D eigenvalue weighted by Gasteiger charge is -2.21. The number of carbonyl (C=O) groups excluding carboxylic acids is 1. The van der Waals surface area contributed by atoms with E-state index in [2.05, 4.69) is 10.1 Å². The van der Waals surface area contributed by atoms with E-state index in [-0.39, 0.29) is 5.91 Å². The third-order valence-corrected chi connectivity index (χ3v) is 4.59. The normalized spacial score (nSPS) is 15.5. The van der Waals surface area contributed by atoms with Crippen LogP contribution in [0.1, 0.15) is 28.9 Å². The maximum atomic E-state index is 13.0. The second-order valence-corrected chi connectivity index (χ2v) is 6.57. The molecule has 1 unspecified atom stereocenters. The summed E-state index contributed by atoms with van der Waals surface area (Å²) in [6.07, 6.45) is 3.11. The molecule has 3 aromatic heterocycles. The zero-order chi connectivity index (χ0) is 17.6. The quantitative estimate of drug-likeness (QED) is 0.767. The average Bonchev–Trinajstić information content (AvgIpc) is 3.19. The SMILES string of the molecule is Cc1noc2nc(-c3ccco3)cc(C(=O)N(C)CC(O)C3CC3)c12. The number of hydrogen-bond acceptors (Lipinski definition) is 6. The summed E-state index contributed by atoms with van der Waals surface area (Å²) in [5.74, 6) is 0.653. The molecule has 0 aliphatic heterocycles. The number of hydrogen-bond donors (Lipinski definition) is 1. The van der Waals surface area contributed by atoms with Crippen LogP contribution in [0, 0.1) is 12.8 Å². The van der Waals surface area contributed by atoms with Crippen LogP contribution in [-0.2, 0) is 0 Å². The fourth-order valence-corrected chi connectivity index (χ4v) is 3.01. The van der Waals surface area contributed by atoms with E-state index in [4.69, 9.17) is 8.94 Å². The Kier molecular flexibility index (Phi) is 3.80. The lowest BCUT2D eigenvalue weighted by molar-refractivity contribution is 0.0647. The molecule has 0 radical (unpaired) electrons. The molecule has 7 heteroatoms. The third kappa shape index (κ3) is 2.91. The van der Waals surface area contributed by atoms with Crippen molar-refractivity contribution in [2.75, 3.05) is 13.6 Å². The fraction of sp³-hybridized carbons (Fsp3) is 0.389. The number of carbonyl (C=O) groups is 1. The molecule has 25 heavy (non-hydrogen) atoms. The molecule has 3 aromatic rings.